The minimum Gasteiger partial charge on any atom is -0.467 e. The van der Waals surface area contributed by atoms with Crippen molar-refractivity contribution in [3.05, 3.63) is 0 Å². The third-order valence-corrected chi connectivity index (χ3v) is 3.04. The summed E-state index contributed by atoms with van der Waals surface area (Å²) < 4.78 is 16.0. The summed E-state index contributed by atoms with van der Waals surface area (Å²) in [7, 11) is 1.40. The molecule has 0 saturated carbocycles. The monoisotopic (exact) mass is 244 g/mol. The van der Waals surface area contributed by atoms with Crippen LogP contribution in [0, 0.1) is 0 Å². The van der Waals surface area contributed by atoms with E-state index in [4.69, 9.17) is 14.2 Å². The number of rotatable bonds is 7. The zero-order chi connectivity index (χ0) is 12.5. The summed E-state index contributed by atoms with van der Waals surface area (Å²) in [5.74, 6) is -0.269. The maximum atomic E-state index is 11.5. The Balaban J connectivity index is 2.28. The quantitative estimate of drug-likeness (QED) is 0.645. The summed E-state index contributed by atoms with van der Waals surface area (Å²) in [6, 6.07) is 0. The second-order valence-electron chi connectivity index (χ2n) is 4.48. The Morgan fingerprint density at radius 1 is 1.47 bits per heavy atom. The second kappa shape index (κ2) is 8.48. The van der Waals surface area contributed by atoms with E-state index >= 15 is 0 Å². The maximum absolute atomic E-state index is 11.5. The topological polar surface area (TPSA) is 44.8 Å². The van der Waals surface area contributed by atoms with Crippen LogP contribution in [0.2, 0.25) is 0 Å². The smallest absolute Gasteiger partial charge is 0.334 e. The molecule has 0 aromatic carbocycles. The van der Waals surface area contributed by atoms with Gasteiger partial charge in [-0.15, -0.1) is 0 Å². The molecular weight excluding hydrogens is 220 g/mol. The van der Waals surface area contributed by atoms with E-state index in [2.05, 4.69) is 6.92 Å². The summed E-state index contributed by atoms with van der Waals surface area (Å²) in [6.45, 7) is 3.41. The predicted octanol–water partition coefficient (Wildman–Crippen LogP) is 2.30. The lowest BCUT2D eigenvalue weighted by Gasteiger charge is -2.24. The Labute approximate surface area is 104 Å². The van der Waals surface area contributed by atoms with Gasteiger partial charge in [0.15, 0.2) is 6.10 Å². The van der Waals surface area contributed by atoms with Crippen molar-refractivity contribution in [2.45, 2.75) is 57.7 Å². The maximum Gasteiger partial charge on any atom is 0.334 e. The van der Waals surface area contributed by atoms with Gasteiger partial charge in [0.1, 0.15) is 0 Å². The van der Waals surface area contributed by atoms with E-state index in [-0.39, 0.29) is 12.1 Å². The number of esters is 1. The molecule has 0 amide bonds. The predicted molar refractivity (Wildman–Crippen MR) is 64.9 cm³/mol. The van der Waals surface area contributed by atoms with Gasteiger partial charge in [-0.2, -0.15) is 0 Å². The molecule has 1 rings (SSSR count). The zero-order valence-electron chi connectivity index (χ0n) is 10.9. The standard InChI is InChI=1S/C13H24O4/c1-3-4-8-12(13(14)15-2)17-10-11-7-5-6-9-16-11/h11-12H,3-10H2,1-2H3. The largest absolute Gasteiger partial charge is 0.467 e. The number of ether oxygens (including phenoxy) is 3. The van der Waals surface area contributed by atoms with Crippen molar-refractivity contribution in [1.82, 2.24) is 0 Å². The van der Waals surface area contributed by atoms with Crippen LogP contribution in [-0.4, -0.2) is 38.5 Å². The first-order valence-corrected chi connectivity index (χ1v) is 6.59. The van der Waals surface area contributed by atoms with Crippen molar-refractivity contribution in [2.24, 2.45) is 0 Å². The molecule has 100 valence electrons. The molecule has 0 bridgehead atoms. The Hall–Kier alpha value is -0.610. The van der Waals surface area contributed by atoms with E-state index in [1.807, 2.05) is 0 Å². The Bertz CT molecular complexity index is 211. The lowest BCUT2D eigenvalue weighted by Crippen LogP contribution is -2.32. The summed E-state index contributed by atoms with van der Waals surface area (Å²) in [4.78, 5) is 11.5. The first-order valence-electron chi connectivity index (χ1n) is 6.59. The van der Waals surface area contributed by atoms with Gasteiger partial charge in [-0.1, -0.05) is 19.8 Å². The molecular formula is C13H24O4. The lowest BCUT2D eigenvalue weighted by molar-refractivity contribution is -0.158. The van der Waals surface area contributed by atoms with Crippen LogP contribution in [0.25, 0.3) is 0 Å². The van der Waals surface area contributed by atoms with Gasteiger partial charge >= 0.3 is 5.97 Å². The zero-order valence-corrected chi connectivity index (χ0v) is 10.9. The molecule has 0 aliphatic carbocycles. The van der Waals surface area contributed by atoms with E-state index in [0.717, 1.165) is 38.7 Å². The van der Waals surface area contributed by atoms with Gasteiger partial charge in [-0.3, -0.25) is 0 Å². The molecule has 0 aromatic heterocycles. The van der Waals surface area contributed by atoms with Gasteiger partial charge in [0, 0.05) is 6.61 Å². The molecule has 2 unspecified atom stereocenters. The van der Waals surface area contributed by atoms with Crippen LogP contribution in [-0.2, 0) is 19.0 Å². The molecule has 1 saturated heterocycles. The molecule has 4 heteroatoms. The van der Waals surface area contributed by atoms with Crippen LogP contribution >= 0.6 is 0 Å². The van der Waals surface area contributed by atoms with Crippen LogP contribution in [0.1, 0.15) is 45.4 Å². The third-order valence-electron chi connectivity index (χ3n) is 3.04. The van der Waals surface area contributed by atoms with Crippen LogP contribution < -0.4 is 0 Å². The molecule has 0 N–H and O–H groups in total. The van der Waals surface area contributed by atoms with Crippen molar-refractivity contribution >= 4 is 5.97 Å². The number of hydrogen-bond acceptors (Lipinski definition) is 4. The number of hydrogen-bond donors (Lipinski definition) is 0. The van der Waals surface area contributed by atoms with Crippen molar-refractivity contribution in [3.63, 3.8) is 0 Å². The minimum atomic E-state index is -0.425. The van der Waals surface area contributed by atoms with Crippen LogP contribution in [0.5, 0.6) is 0 Å². The summed E-state index contributed by atoms with van der Waals surface area (Å²) in [6.07, 6.45) is 5.83. The molecule has 1 fully saturated rings. The van der Waals surface area contributed by atoms with Crippen molar-refractivity contribution < 1.29 is 19.0 Å². The van der Waals surface area contributed by atoms with Crippen molar-refractivity contribution in [1.29, 1.82) is 0 Å². The average Bonchev–Trinajstić information content (AvgIpc) is 2.39. The molecule has 1 aliphatic rings. The number of unbranched alkanes of at least 4 members (excludes halogenated alkanes) is 1. The fourth-order valence-corrected chi connectivity index (χ4v) is 1.95. The lowest BCUT2D eigenvalue weighted by atomic mass is 10.1. The fourth-order valence-electron chi connectivity index (χ4n) is 1.95. The highest BCUT2D eigenvalue weighted by molar-refractivity contribution is 5.74. The van der Waals surface area contributed by atoms with E-state index in [0.29, 0.717) is 6.61 Å². The van der Waals surface area contributed by atoms with Crippen LogP contribution in [0.15, 0.2) is 0 Å². The van der Waals surface area contributed by atoms with Gasteiger partial charge in [0.25, 0.3) is 0 Å². The minimum absolute atomic E-state index is 0.150. The Kier molecular flexibility index (Phi) is 7.21. The van der Waals surface area contributed by atoms with E-state index in [1.165, 1.54) is 13.5 Å². The van der Waals surface area contributed by atoms with Crippen molar-refractivity contribution in [3.8, 4) is 0 Å². The average molecular weight is 244 g/mol. The van der Waals surface area contributed by atoms with Gasteiger partial charge in [0.2, 0.25) is 0 Å². The summed E-state index contributed by atoms with van der Waals surface area (Å²) >= 11 is 0. The van der Waals surface area contributed by atoms with E-state index in [9.17, 15) is 4.79 Å². The van der Waals surface area contributed by atoms with Gasteiger partial charge in [-0.05, 0) is 25.7 Å². The van der Waals surface area contributed by atoms with Crippen molar-refractivity contribution in [2.75, 3.05) is 20.3 Å². The second-order valence-corrected chi connectivity index (χ2v) is 4.48. The Morgan fingerprint density at radius 3 is 2.88 bits per heavy atom. The highest BCUT2D eigenvalue weighted by Crippen LogP contribution is 2.15. The first-order chi connectivity index (χ1) is 8.27. The fraction of sp³-hybridized carbons (Fsp3) is 0.923. The number of carbonyl (C=O) groups excluding carboxylic acids is 1. The summed E-state index contributed by atoms with van der Waals surface area (Å²) in [5, 5.41) is 0. The third kappa shape index (κ3) is 5.50. The highest BCUT2D eigenvalue weighted by atomic mass is 16.6. The van der Waals surface area contributed by atoms with Crippen LogP contribution in [0.3, 0.4) is 0 Å². The molecule has 2 atom stereocenters. The summed E-state index contributed by atoms with van der Waals surface area (Å²) in [5.41, 5.74) is 0. The normalized spacial score (nSPS) is 22.1. The number of carbonyl (C=O) groups is 1. The van der Waals surface area contributed by atoms with Gasteiger partial charge < -0.3 is 14.2 Å². The SMILES string of the molecule is CCCCC(OCC1CCCCO1)C(=O)OC. The molecule has 17 heavy (non-hydrogen) atoms. The van der Waals surface area contributed by atoms with Gasteiger partial charge in [0.05, 0.1) is 19.8 Å². The molecule has 4 nitrogen and oxygen atoms in total. The molecule has 1 aliphatic heterocycles. The van der Waals surface area contributed by atoms with E-state index < -0.39 is 6.10 Å². The number of methoxy groups -OCH3 is 1. The van der Waals surface area contributed by atoms with Gasteiger partial charge in [-0.25, -0.2) is 4.79 Å². The molecule has 1 heterocycles. The first kappa shape index (κ1) is 14.5. The Morgan fingerprint density at radius 2 is 2.29 bits per heavy atom. The molecule has 0 radical (unpaired) electrons. The molecule has 0 spiro atoms. The van der Waals surface area contributed by atoms with Crippen LogP contribution in [0.4, 0.5) is 0 Å². The highest BCUT2D eigenvalue weighted by Gasteiger charge is 2.22. The molecule has 0 aromatic rings. The van der Waals surface area contributed by atoms with E-state index in [1.54, 1.807) is 0 Å².